The molecule has 1 atom stereocenters. The van der Waals surface area contributed by atoms with Gasteiger partial charge in [0, 0.05) is 29.5 Å². The van der Waals surface area contributed by atoms with E-state index in [1.54, 1.807) is 30.1 Å². The van der Waals surface area contributed by atoms with Gasteiger partial charge in [-0.05, 0) is 25.8 Å². The van der Waals surface area contributed by atoms with Gasteiger partial charge in [-0.1, -0.05) is 46.2 Å². The second-order valence-electron chi connectivity index (χ2n) is 7.95. The first kappa shape index (κ1) is 21.7. The minimum absolute atomic E-state index is 0.146. The van der Waals surface area contributed by atoms with E-state index in [-0.39, 0.29) is 17.8 Å². The number of carbonyl (C=O) groups is 1. The number of hydrogen-bond acceptors (Lipinski definition) is 6. The third kappa shape index (κ3) is 4.15. The number of aromatic nitrogens is 5. The summed E-state index contributed by atoms with van der Waals surface area (Å²) in [5.74, 6) is -0.394. The van der Waals surface area contributed by atoms with Crippen LogP contribution in [0.15, 0.2) is 49.1 Å². The summed E-state index contributed by atoms with van der Waals surface area (Å²) in [4.78, 5) is 24.3. The highest BCUT2D eigenvalue weighted by Gasteiger charge is 2.29. The van der Waals surface area contributed by atoms with Crippen molar-refractivity contribution in [3.8, 4) is 0 Å². The average molecular weight is 487 g/mol. The van der Waals surface area contributed by atoms with Crippen molar-refractivity contribution in [3.63, 3.8) is 0 Å². The molecule has 0 bridgehead atoms. The van der Waals surface area contributed by atoms with Crippen molar-refractivity contribution in [3.05, 3.63) is 70.4 Å². The molecular weight excluding hydrogens is 467 g/mol. The number of rotatable bonds is 6. The molecule has 9 nitrogen and oxygen atoms in total. The molecule has 5 rings (SSSR count). The van der Waals surface area contributed by atoms with E-state index in [2.05, 4.69) is 20.5 Å². The Morgan fingerprint density at radius 1 is 1.21 bits per heavy atom. The third-order valence-corrected chi connectivity index (χ3v) is 6.25. The van der Waals surface area contributed by atoms with Crippen LogP contribution < -0.4 is 10.2 Å². The first-order chi connectivity index (χ1) is 15.9. The van der Waals surface area contributed by atoms with E-state index in [4.69, 9.17) is 28.0 Å². The molecule has 4 aromatic rings. The van der Waals surface area contributed by atoms with Gasteiger partial charge in [-0.3, -0.25) is 14.5 Å². The maximum Gasteiger partial charge on any atom is 0.277 e. The lowest BCUT2D eigenvalue weighted by Gasteiger charge is -2.31. The number of anilines is 1. The third-order valence-electron chi connectivity index (χ3n) is 5.65. The topological polar surface area (TPSA) is 107 Å². The van der Waals surface area contributed by atoms with Gasteiger partial charge < -0.3 is 15.3 Å². The van der Waals surface area contributed by atoms with E-state index in [9.17, 15) is 9.90 Å². The maximum atomic E-state index is 13.1. The molecule has 1 aromatic carbocycles. The van der Waals surface area contributed by atoms with E-state index >= 15 is 0 Å². The molecule has 1 aliphatic carbocycles. The van der Waals surface area contributed by atoms with Crippen LogP contribution >= 0.6 is 23.2 Å². The molecule has 1 fully saturated rings. The normalized spacial score (nSPS) is 18.7. The molecule has 3 aromatic heterocycles. The Kier molecular flexibility index (Phi) is 5.69. The second kappa shape index (κ2) is 8.66. The zero-order valence-corrected chi connectivity index (χ0v) is 19.0. The van der Waals surface area contributed by atoms with Gasteiger partial charge >= 0.3 is 0 Å². The molecule has 0 saturated heterocycles. The molecule has 3 heterocycles. The number of para-hydroxylation sites is 1. The summed E-state index contributed by atoms with van der Waals surface area (Å²) in [6, 6.07) is 7.41. The zero-order chi connectivity index (χ0) is 23.1. The van der Waals surface area contributed by atoms with Gasteiger partial charge in [-0.25, -0.2) is 0 Å². The quantitative estimate of drug-likeness (QED) is 0.425. The number of nitrogens with zero attached hydrogens (tertiary/aromatic N) is 5. The van der Waals surface area contributed by atoms with E-state index in [1.807, 2.05) is 18.2 Å². The van der Waals surface area contributed by atoms with Crippen molar-refractivity contribution < 1.29 is 14.7 Å². The van der Waals surface area contributed by atoms with E-state index in [0.717, 1.165) is 0 Å². The molecule has 1 amide bonds. The van der Waals surface area contributed by atoms with Crippen LogP contribution in [0.2, 0.25) is 10.0 Å². The number of halogens is 2. The number of aliphatic hydroxyl groups is 1. The highest BCUT2D eigenvalue weighted by atomic mass is 35.5. The molecule has 1 aliphatic rings. The lowest BCUT2D eigenvalue weighted by molar-refractivity contribution is 0.0321. The molecule has 170 valence electrons. The van der Waals surface area contributed by atoms with Gasteiger partial charge in [0.05, 0.1) is 34.1 Å². The molecular formula is C22H20Cl2N6O3. The molecule has 1 saturated carbocycles. The van der Waals surface area contributed by atoms with Crippen molar-refractivity contribution in [2.75, 3.05) is 5.32 Å². The number of benzene rings is 1. The van der Waals surface area contributed by atoms with Crippen molar-refractivity contribution in [2.45, 2.75) is 38.0 Å². The lowest BCUT2D eigenvalue weighted by Crippen LogP contribution is -2.31. The van der Waals surface area contributed by atoms with Crippen LogP contribution in [-0.2, 0) is 0 Å². The Balaban J connectivity index is 1.40. The second-order valence-corrected chi connectivity index (χ2v) is 8.76. The van der Waals surface area contributed by atoms with Crippen LogP contribution in [0.5, 0.6) is 0 Å². The summed E-state index contributed by atoms with van der Waals surface area (Å²) < 4.78 is 1.76. The fourth-order valence-corrected chi connectivity index (χ4v) is 4.54. The SMILES string of the molecule is CC(On1nc(C(=O)Nc2cnn(C3CC(O)C3)c2)c2ccccc21)c1c(Cl)cncc1Cl. The summed E-state index contributed by atoms with van der Waals surface area (Å²) >= 11 is 12.5. The molecule has 0 radical (unpaired) electrons. The Morgan fingerprint density at radius 3 is 2.67 bits per heavy atom. The number of nitrogens with one attached hydrogen (secondary N) is 1. The standard InChI is InChI=1S/C22H20Cl2N6O3/c1-12(20-17(23)9-25-10-18(20)24)33-30-19-5-3-2-4-16(19)21(28-30)22(32)27-13-8-26-29(11-13)14-6-15(31)7-14/h2-5,8-12,14-15,31H,6-7H2,1H3,(H,27,32). The van der Waals surface area contributed by atoms with Crippen molar-refractivity contribution in [2.24, 2.45) is 0 Å². The predicted octanol–water partition coefficient (Wildman–Crippen LogP) is 4.07. The highest BCUT2D eigenvalue weighted by molar-refractivity contribution is 6.35. The first-order valence-corrected chi connectivity index (χ1v) is 11.1. The van der Waals surface area contributed by atoms with E-state index < -0.39 is 12.0 Å². The summed E-state index contributed by atoms with van der Waals surface area (Å²) in [5.41, 5.74) is 1.95. The van der Waals surface area contributed by atoms with Crippen molar-refractivity contribution >= 4 is 45.7 Å². The van der Waals surface area contributed by atoms with Crippen LogP contribution in [0.4, 0.5) is 5.69 Å². The number of carbonyl (C=O) groups excluding carboxylic acids is 1. The van der Waals surface area contributed by atoms with Crippen LogP contribution in [-0.4, -0.2) is 41.8 Å². The van der Waals surface area contributed by atoms with Gasteiger partial charge in [0.25, 0.3) is 5.91 Å². The number of pyridine rings is 1. The van der Waals surface area contributed by atoms with Crippen LogP contribution in [0.1, 0.15) is 48.0 Å². The van der Waals surface area contributed by atoms with Crippen LogP contribution in [0.25, 0.3) is 10.9 Å². The largest absolute Gasteiger partial charge is 0.393 e. The van der Waals surface area contributed by atoms with Crippen LogP contribution in [0.3, 0.4) is 0 Å². The van der Waals surface area contributed by atoms with E-state index in [0.29, 0.717) is 45.0 Å². The number of aliphatic hydroxyl groups excluding tert-OH is 1. The van der Waals surface area contributed by atoms with Gasteiger partial charge in [-0.15, -0.1) is 5.10 Å². The summed E-state index contributed by atoms with van der Waals surface area (Å²) in [6.45, 7) is 1.79. The monoisotopic (exact) mass is 486 g/mol. The number of amides is 1. The Morgan fingerprint density at radius 2 is 1.94 bits per heavy atom. The van der Waals surface area contributed by atoms with Crippen molar-refractivity contribution in [1.29, 1.82) is 0 Å². The first-order valence-electron chi connectivity index (χ1n) is 10.4. The Bertz CT molecular complexity index is 1310. The van der Waals surface area contributed by atoms with E-state index in [1.165, 1.54) is 17.2 Å². The average Bonchev–Trinajstić information content (AvgIpc) is 3.36. The molecule has 0 spiro atoms. The summed E-state index contributed by atoms with van der Waals surface area (Å²) in [5, 5.41) is 22.4. The lowest BCUT2D eigenvalue weighted by atomic mass is 9.90. The molecule has 0 aliphatic heterocycles. The minimum Gasteiger partial charge on any atom is -0.393 e. The Labute approximate surface area is 198 Å². The fourth-order valence-electron chi connectivity index (χ4n) is 3.87. The maximum absolute atomic E-state index is 13.1. The predicted molar refractivity (Wildman–Crippen MR) is 123 cm³/mol. The smallest absolute Gasteiger partial charge is 0.277 e. The van der Waals surface area contributed by atoms with Gasteiger partial charge in [0.2, 0.25) is 0 Å². The fraction of sp³-hybridized carbons (Fsp3) is 0.273. The number of fused-ring (bicyclic) bond motifs is 1. The van der Waals surface area contributed by atoms with Gasteiger partial charge in [-0.2, -0.15) is 5.10 Å². The molecule has 33 heavy (non-hydrogen) atoms. The molecule has 1 unspecified atom stereocenters. The van der Waals surface area contributed by atoms with Gasteiger partial charge in [0.15, 0.2) is 11.8 Å². The van der Waals surface area contributed by atoms with Gasteiger partial charge in [0.1, 0.15) is 5.52 Å². The summed E-state index contributed by atoms with van der Waals surface area (Å²) in [7, 11) is 0. The van der Waals surface area contributed by atoms with Crippen LogP contribution in [0, 0.1) is 0 Å². The van der Waals surface area contributed by atoms with Crippen molar-refractivity contribution in [1.82, 2.24) is 24.7 Å². The Hall–Kier alpha value is -3.14. The zero-order valence-electron chi connectivity index (χ0n) is 17.5. The molecule has 2 N–H and O–H groups in total. The number of hydrogen-bond donors (Lipinski definition) is 2. The molecule has 11 heteroatoms. The minimum atomic E-state index is -0.553. The summed E-state index contributed by atoms with van der Waals surface area (Å²) in [6.07, 6.45) is 6.79. The highest BCUT2D eigenvalue weighted by Crippen LogP contribution is 2.32.